The molecule has 6 heteroatoms. The maximum atomic E-state index is 9.19. The summed E-state index contributed by atoms with van der Waals surface area (Å²) in [5, 5.41) is 54.2. The summed E-state index contributed by atoms with van der Waals surface area (Å²) in [5.74, 6) is -1.28. The average Bonchev–Trinajstić information content (AvgIpc) is 2.13. The van der Waals surface area contributed by atoms with Crippen LogP contribution in [-0.2, 0) is 0 Å². The van der Waals surface area contributed by atoms with Gasteiger partial charge < -0.3 is 25.5 Å². The van der Waals surface area contributed by atoms with Crippen LogP contribution in [0.25, 0.3) is 0 Å². The van der Waals surface area contributed by atoms with E-state index in [1.165, 1.54) is 0 Å². The van der Waals surface area contributed by atoms with Gasteiger partial charge in [-0.15, -0.1) is 0 Å². The highest BCUT2D eigenvalue weighted by molar-refractivity contribution is 5.06. The lowest BCUT2D eigenvalue weighted by molar-refractivity contribution is -0.192. The predicted molar refractivity (Wildman–Crippen MR) is 39.1 cm³/mol. The van der Waals surface area contributed by atoms with Gasteiger partial charge in [-0.05, 0) is 0 Å². The maximum Gasteiger partial charge on any atom is 0.111 e. The quantitative estimate of drug-likeness (QED) is 0.275. The van der Waals surface area contributed by atoms with Gasteiger partial charge in [-0.3, -0.25) is 0 Å². The molecule has 6 nitrogen and oxygen atoms in total. The van der Waals surface area contributed by atoms with Crippen molar-refractivity contribution in [3.8, 4) is 6.07 Å². The third kappa shape index (κ3) is 1.52. The second-order valence-electron chi connectivity index (χ2n) is 3.11. The van der Waals surface area contributed by atoms with E-state index in [0.717, 1.165) is 0 Å². The molecule has 0 radical (unpaired) electrons. The molecule has 0 aromatic heterocycles. The summed E-state index contributed by atoms with van der Waals surface area (Å²) in [6, 6.07) is 1.55. The zero-order valence-corrected chi connectivity index (χ0v) is 6.65. The van der Waals surface area contributed by atoms with Gasteiger partial charge in [0.25, 0.3) is 0 Å². The lowest BCUT2D eigenvalue weighted by Gasteiger charge is -2.38. The number of hydrogen-bond acceptors (Lipinski definition) is 6. The normalized spacial score (nSPS) is 51.4. The molecule has 0 aromatic rings. The highest BCUT2D eigenvalue weighted by atomic mass is 16.4. The predicted octanol–water partition coefficient (Wildman–Crippen LogP) is -3.06. The molecular formula is C7H11NO5. The lowest BCUT2D eigenvalue weighted by Crippen LogP contribution is -2.60. The van der Waals surface area contributed by atoms with E-state index in [4.69, 9.17) is 20.6 Å². The average molecular weight is 189 g/mol. The van der Waals surface area contributed by atoms with Crippen LogP contribution in [0.5, 0.6) is 0 Å². The second-order valence-corrected chi connectivity index (χ2v) is 3.11. The summed E-state index contributed by atoms with van der Waals surface area (Å²) >= 11 is 0. The summed E-state index contributed by atoms with van der Waals surface area (Å²) in [7, 11) is 0. The van der Waals surface area contributed by atoms with Crippen molar-refractivity contribution in [2.24, 2.45) is 5.92 Å². The first-order valence-corrected chi connectivity index (χ1v) is 3.80. The molecule has 74 valence electrons. The summed E-state index contributed by atoms with van der Waals surface area (Å²) in [6.07, 6.45) is -7.93. The molecule has 5 N–H and O–H groups in total. The molecular weight excluding hydrogens is 178 g/mol. The molecule has 0 heterocycles. The molecule has 0 spiro atoms. The van der Waals surface area contributed by atoms with E-state index in [0.29, 0.717) is 0 Å². The van der Waals surface area contributed by atoms with Crippen molar-refractivity contribution in [2.45, 2.75) is 30.5 Å². The topological polar surface area (TPSA) is 125 Å². The van der Waals surface area contributed by atoms with Crippen LogP contribution in [0.4, 0.5) is 0 Å². The van der Waals surface area contributed by atoms with Gasteiger partial charge in [0.2, 0.25) is 0 Å². The van der Waals surface area contributed by atoms with Crippen molar-refractivity contribution in [3.63, 3.8) is 0 Å². The summed E-state index contributed by atoms with van der Waals surface area (Å²) < 4.78 is 0. The SMILES string of the molecule is N#CC1[C@@H](O)[C@@H](O)C(O)[C@H](O)[C@H]1O. The fourth-order valence-electron chi connectivity index (χ4n) is 1.39. The van der Waals surface area contributed by atoms with Crippen molar-refractivity contribution in [1.82, 2.24) is 0 Å². The third-order valence-corrected chi connectivity index (χ3v) is 2.28. The fourth-order valence-corrected chi connectivity index (χ4v) is 1.39. The highest BCUT2D eigenvalue weighted by Crippen LogP contribution is 2.25. The van der Waals surface area contributed by atoms with Gasteiger partial charge in [-0.25, -0.2) is 0 Å². The number of aliphatic hydroxyl groups is 5. The first-order valence-electron chi connectivity index (χ1n) is 3.80. The Morgan fingerprint density at radius 2 is 1.00 bits per heavy atom. The van der Waals surface area contributed by atoms with E-state index < -0.39 is 36.4 Å². The van der Waals surface area contributed by atoms with E-state index in [1.807, 2.05) is 0 Å². The molecule has 1 aliphatic rings. The van der Waals surface area contributed by atoms with Crippen LogP contribution in [0.3, 0.4) is 0 Å². The minimum atomic E-state index is -1.63. The first-order chi connectivity index (χ1) is 6.00. The molecule has 2 unspecified atom stereocenters. The number of nitriles is 1. The molecule has 0 saturated heterocycles. The minimum Gasteiger partial charge on any atom is -0.389 e. The Morgan fingerprint density at radius 1 is 0.692 bits per heavy atom. The molecule has 0 amide bonds. The Morgan fingerprint density at radius 3 is 1.31 bits per heavy atom. The number of aliphatic hydroxyl groups excluding tert-OH is 5. The van der Waals surface area contributed by atoms with Crippen molar-refractivity contribution >= 4 is 0 Å². The van der Waals surface area contributed by atoms with Gasteiger partial charge in [-0.2, -0.15) is 5.26 Å². The van der Waals surface area contributed by atoms with E-state index >= 15 is 0 Å². The standard InChI is InChI=1S/C7H11NO5/c8-1-2-3(9)5(11)7(13)6(12)4(2)10/h2-7,9-13H/t2?,3-,4+,5-,6-,7?/m1/s1. The molecule has 6 atom stereocenters. The lowest BCUT2D eigenvalue weighted by atomic mass is 9.79. The van der Waals surface area contributed by atoms with Crippen LogP contribution in [0, 0.1) is 17.2 Å². The molecule has 1 aliphatic carbocycles. The van der Waals surface area contributed by atoms with Crippen LogP contribution >= 0.6 is 0 Å². The number of nitrogens with zero attached hydrogens (tertiary/aromatic N) is 1. The monoisotopic (exact) mass is 189 g/mol. The summed E-state index contributed by atoms with van der Waals surface area (Å²) in [6.45, 7) is 0. The maximum absolute atomic E-state index is 9.19. The van der Waals surface area contributed by atoms with Crippen LogP contribution in [-0.4, -0.2) is 56.1 Å². The van der Waals surface area contributed by atoms with E-state index in [9.17, 15) is 10.2 Å². The number of rotatable bonds is 0. The van der Waals surface area contributed by atoms with E-state index in [-0.39, 0.29) is 0 Å². The molecule has 1 fully saturated rings. The summed E-state index contributed by atoms with van der Waals surface area (Å²) in [4.78, 5) is 0. The zero-order valence-electron chi connectivity index (χ0n) is 6.65. The van der Waals surface area contributed by atoms with Gasteiger partial charge in [-0.1, -0.05) is 0 Å². The Labute approximate surface area is 74.3 Å². The molecule has 13 heavy (non-hydrogen) atoms. The van der Waals surface area contributed by atoms with Crippen LogP contribution in [0.1, 0.15) is 0 Å². The largest absolute Gasteiger partial charge is 0.389 e. The Balaban J connectivity index is 2.87. The van der Waals surface area contributed by atoms with Gasteiger partial charge in [0.1, 0.15) is 36.4 Å². The fraction of sp³-hybridized carbons (Fsp3) is 0.857. The van der Waals surface area contributed by atoms with E-state index in [1.54, 1.807) is 6.07 Å². The third-order valence-electron chi connectivity index (χ3n) is 2.28. The Hall–Kier alpha value is -0.710. The van der Waals surface area contributed by atoms with Gasteiger partial charge in [0.15, 0.2) is 0 Å². The first kappa shape index (κ1) is 10.4. The van der Waals surface area contributed by atoms with Crippen molar-refractivity contribution < 1.29 is 25.5 Å². The van der Waals surface area contributed by atoms with Gasteiger partial charge in [0, 0.05) is 0 Å². The molecule has 0 bridgehead atoms. The second kappa shape index (κ2) is 3.57. The molecule has 0 aliphatic heterocycles. The van der Waals surface area contributed by atoms with Gasteiger partial charge >= 0.3 is 0 Å². The minimum absolute atomic E-state index is 1.28. The van der Waals surface area contributed by atoms with Gasteiger partial charge in [0.05, 0.1) is 6.07 Å². The van der Waals surface area contributed by atoms with Crippen LogP contribution in [0.2, 0.25) is 0 Å². The molecule has 1 rings (SSSR count). The van der Waals surface area contributed by atoms with E-state index in [2.05, 4.69) is 0 Å². The zero-order chi connectivity index (χ0) is 10.2. The van der Waals surface area contributed by atoms with Crippen molar-refractivity contribution in [3.05, 3.63) is 0 Å². The smallest absolute Gasteiger partial charge is 0.111 e. The van der Waals surface area contributed by atoms with Crippen LogP contribution in [0.15, 0.2) is 0 Å². The highest BCUT2D eigenvalue weighted by Gasteiger charge is 2.48. The number of hydrogen-bond donors (Lipinski definition) is 5. The molecule has 0 aromatic carbocycles. The molecule has 1 saturated carbocycles. The Kier molecular flexibility index (Phi) is 2.85. The van der Waals surface area contributed by atoms with Crippen molar-refractivity contribution in [2.75, 3.05) is 0 Å². The Bertz CT molecular complexity index is 211. The van der Waals surface area contributed by atoms with Crippen LogP contribution < -0.4 is 0 Å². The van der Waals surface area contributed by atoms with Crippen molar-refractivity contribution in [1.29, 1.82) is 5.26 Å². The summed E-state index contributed by atoms with van der Waals surface area (Å²) in [5.41, 5.74) is 0.